The van der Waals surface area contributed by atoms with Gasteiger partial charge in [-0.2, -0.15) is 4.98 Å². The zero-order chi connectivity index (χ0) is 16.2. The van der Waals surface area contributed by atoms with Crippen molar-refractivity contribution in [2.45, 2.75) is 39.5 Å². The third-order valence-corrected chi connectivity index (χ3v) is 4.78. The maximum atomic E-state index is 12.5. The molecule has 0 unspecified atom stereocenters. The Labute approximate surface area is 138 Å². The third-order valence-electron chi connectivity index (χ3n) is 4.78. The smallest absolute Gasteiger partial charge is 0.227 e. The van der Waals surface area contributed by atoms with Crippen molar-refractivity contribution in [3.8, 4) is 0 Å². The van der Waals surface area contributed by atoms with E-state index in [-0.39, 0.29) is 5.92 Å². The van der Waals surface area contributed by atoms with E-state index in [1.54, 1.807) is 0 Å². The van der Waals surface area contributed by atoms with Gasteiger partial charge in [-0.15, -0.1) is 0 Å². The van der Waals surface area contributed by atoms with Crippen LogP contribution in [0.15, 0.2) is 6.07 Å². The lowest BCUT2D eigenvalue weighted by Crippen LogP contribution is -2.50. The molecule has 1 aromatic heterocycles. The Morgan fingerprint density at radius 3 is 2.57 bits per heavy atom. The SMILES string of the molecule is CCNc1cc(C)nc(N2CCN(C(=O)C3CCCC3)CC2)n1. The molecule has 0 spiro atoms. The molecule has 1 aliphatic heterocycles. The van der Waals surface area contributed by atoms with Gasteiger partial charge in [0.25, 0.3) is 0 Å². The number of hydrogen-bond acceptors (Lipinski definition) is 5. The Bertz CT molecular complexity index is 548. The Morgan fingerprint density at radius 2 is 1.91 bits per heavy atom. The van der Waals surface area contributed by atoms with Crippen molar-refractivity contribution < 1.29 is 4.79 Å². The maximum Gasteiger partial charge on any atom is 0.227 e. The summed E-state index contributed by atoms with van der Waals surface area (Å²) >= 11 is 0. The van der Waals surface area contributed by atoms with Crippen LogP contribution in [0.4, 0.5) is 11.8 Å². The van der Waals surface area contributed by atoms with E-state index in [2.05, 4.69) is 27.1 Å². The topological polar surface area (TPSA) is 61.4 Å². The van der Waals surface area contributed by atoms with E-state index in [9.17, 15) is 4.79 Å². The second-order valence-electron chi connectivity index (χ2n) is 6.52. The zero-order valence-electron chi connectivity index (χ0n) is 14.2. The summed E-state index contributed by atoms with van der Waals surface area (Å²) in [7, 11) is 0. The maximum absolute atomic E-state index is 12.5. The lowest BCUT2D eigenvalue weighted by Gasteiger charge is -2.36. The Kier molecular flexibility index (Phi) is 4.98. The number of hydrogen-bond donors (Lipinski definition) is 1. The van der Waals surface area contributed by atoms with Crippen molar-refractivity contribution >= 4 is 17.7 Å². The molecule has 0 radical (unpaired) electrons. The predicted octanol–water partition coefficient (Wildman–Crippen LogP) is 2.06. The molecular weight excluding hydrogens is 290 g/mol. The number of amides is 1. The van der Waals surface area contributed by atoms with Gasteiger partial charge in [0.2, 0.25) is 11.9 Å². The van der Waals surface area contributed by atoms with Crippen LogP contribution in [-0.2, 0) is 4.79 Å². The van der Waals surface area contributed by atoms with Crippen molar-refractivity contribution in [3.63, 3.8) is 0 Å². The van der Waals surface area contributed by atoms with Crippen molar-refractivity contribution in [1.82, 2.24) is 14.9 Å². The molecule has 0 atom stereocenters. The van der Waals surface area contributed by atoms with E-state index in [4.69, 9.17) is 0 Å². The molecule has 2 heterocycles. The number of piperazine rings is 1. The molecule has 6 nitrogen and oxygen atoms in total. The van der Waals surface area contributed by atoms with Gasteiger partial charge < -0.3 is 15.1 Å². The summed E-state index contributed by atoms with van der Waals surface area (Å²) in [6, 6.07) is 1.97. The molecule has 1 N–H and O–H groups in total. The van der Waals surface area contributed by atoms with Gasteiger partial charge in [-0.3, -0.25) is 4.79 Å². The molecule has 1 saturated carbocycles. The van der Waals surface area contributed by atoms with Crippen LogP contribution in [0.3, 0.4) is 0 Å². The Balaban J connectivity index is 1.61. The highest BCUT2D eigenvalue weighted by atomic mass is 16.2. The largest absolute Gasteiger partial charge is 0.370 e. The number of rotatable bonds is 4. The van der Waals surface area contributed by atoms with Crippen LogP contribution < -0.4 is 10.2 Å². The minimum atomic E-state index is 0.275. The summed E-state index contributed by atoms with van der Waals surface area (Å²) in [6.07, 6.45) is 4.57. The van der Waals surface area contributed by atoms with E-state index in [0.29, 0.717) is 5.91 Å². The monoisotopic (exact) mass is 317 g/mol. The molecule has 1 amide bonds. The van der Waals surface area contributed by atoms with Crippen LogP contribution in [0.1, 0.15) is 38.3 Å². The molecule has 0 aromatic carbocycles. The summed E-state index contributed by atoms with van der Waals surface area (Å²) in [5.74, 6) is 2.28. The van der Waals surface area contributed by atoms with Gasteiger partial charge in [-0.05, 0) is 26.7 Å². The lowest BCUT2D eigenvalue weighted by atomic mass is 10.1. The lowest BCUT2D eigenvalue weighted by molar-refractivity contribution is -0.135. The Morgan fingerprint density at radius 1 is 1.22 bits per heavy atom. The van der Waals surface area contributed by atoms with Gasteiger partial charge in [-0.25, -0.2) is 4.98 Å². The second-order valence-corrected chi connectivity index (χ2v) is 6.52. The van der Waals surface area contributed by atoms with E-state index in [1.165, 1.54) is 12.8 Å². The highest BCUT2D eigenvalue weighted by Crippen LogP contribution is 2.27. The molecule has 0 bridgehead atoms. The normalized spacial score (nSPS) is 19.2. The van der Waals surface area contributed by atoms with Crippen LogP contribution in [-0.4, -0.2) is 53.5 Å². The van der Waals surface area contributed by atoms with Crippen molar-refractivity contribution in [3.05, 3.63) is 11.8 Å². The first-order chi connectivity index (χ1) is 11.2. The number of carbonyl (C=O) groups excluding carboxylic acids is 1. The molecule has 2 aliphatic rings. The molecule has 1 aromatic rings. The molecule has 1 aliphatic carbocycles. The highest BCUT2D eigenvalue weighted by Gasteiger charge is 2.29. The zero-order valence-corrected chi connectivity index (χ0v) is 14.2. The number of nitrogens with one attached hydrogen (secondary N) is 1. The summed E-state index contributed by atoms with van der Waals surface area (Å²) < 4.78 is 0. The summed E-state index contributed by atoms with van der Waals surface area (Å²) in [4.78, 5) is 25.9. The quantitative estimate of drug-likeness (QED) is 0.921. The minimum Gasteiger partial charge on any atom is -0.370 e. The number of aryl methyl sites for hydroxylation is 1. The van der Waals surface area contributed by atoms with Crippen molar-refractivity contribution in [2.24, 2.45) is 5.92 Å². The number of carbonyl (C=O) groups is 1. The highest BCUT2D eigenvalue weighted by molar-refractivity contribution is 5.79. The number of anilines is 2. The molecule has 6 heteroatoms. The summed E-state index contributed by atoms with van der Waals surface area (Å²) in [5, 5.41) is 3.25. The van der Waals surface area contributed by atoms with Gasteiger partial charge in [-0.1, -0.05) is 12.8 Å². The van der Waals surface area contributed by atoms with Crippen molar-refractivity contribution in [1.29, 1.82) is 0 Å². The Hall–Kier alpha value is -1.85. The van der Waals surface area contributed by atoms with Crippen LogP contribution in [0.25, 0.3) is 0 Å². The fourth-order valence-electron chi connectivity index (χ4n) is 3.52. The second kappa shape index (κ2) is 7.15. The first-order valence-electron chi connectivity index (χ1n) is 8.80. The molecule has 23 heavy (non-hydrogen) atoms. The van der Waals surface area contributed by atoms with E-state index in [1.807, 2.05) is 17.9 Å². The number of nitrogens with zero attached hydrogens (tertiary/aromatic N) is 4. The average Bonchev–Trinajstić information content (AvgIpc) is 3.08. The molecule has 2 fully saturated rings. The van der Waals surface area contributed by atoms with Gasteiger partial charge >= 0.3 is 0 Å². The minimum absolute atomic E-state index is 0.275. The van der Waals surface area contributed by atoms with E-state index in [0.717, 1.165) is 63.0 Å². The van der Waals surface area contributed by atoms with Gasteiger partial charge in [0, 0.05) is 50.4 Å². The van der Waals surface area contributed by atoms with Crippen LogP contribution in [0.2, 0.25) is 0 Å². The fraction of sp³-hybridized carbons (Fsp3) is 0.706. The van der Waals surface area contributed by atoms with Crippen LogP contribution >= 0.6 is 0 Å². The van der Waals surface area contributed by atoms with Crippen LogP contribution in [0, 0.1) is 12.8 Å². The van der Waals surface area contributed by atoms with Gasteiger partial charge in [0.05, 0.1) is 0 Å². The molecule has 3 rings (SSSR count). The molecule has 126 valence electrons. The van der Waals surface area contributed by atoms with Gasteiger partial charge in [0.15, 0.2) is 0 Å². The first-order valence-corrected chi connectivity index (χ1v) is 8.80. The van der Waals surface area contributed by atoms with E-state index >= 15 is 0 Å². The first kappa shape index (κ1) is 16.0. The average molecular weight is 317 g/mol. The standard InChI is InChI=1S/C17H27N5O/c1-3-18-15-12-13(2)19-17(20-15)22-10-8-21(9-11-22)16(23)14-6-4-5-7-14/h12,14H,3-11H2,1-2H3,(H,18,19,20). The van der Waals surface area contributed by atoms with Crippen LogP contribution in [0.5, 0.6) is 0 Å². The third kappa shape index (κ3) is 3.74. The van der Waals surface area contributed by atoms with Gasteiger partial charge in [0.1, 0.15) is 5.82 Å². The van der Waals surface area contributed by atoms with E-state index < -0.39 is 0 Å². The summed E-state index contributed by atoms with van der Waals surface area (Å²) in [5.41, 5.74) is 0.968. The fourth-order valence-corrected chi connectivity index (χ4v) is 3.52. The predicted molar refractivity (Wildman–Crippen MR) is 91.7 cm³/mol. The number of aromatic nitrogens is 2. The summed E-state index contributed by atoms with van der Waals surface area (Å²) in [6.45, 7) is 8.09. The van der Waals surface area contributed by atoms with Crippen molar-refractivity contribution in [2.75, 3.05) is 42.9 Å². The molecular formula is C17H27N5O. The molecule has 1 saturated heterocycles.